The first-order chi connectivity index (χ1) is 8.56. The zero-order valence-corrected chi connectivity index (χ0v) is 10.0. The fraction of sp³-hybridized carbons (Fsp3) is 0.182. The van der Waals surface area contributed by atoms with Crippen molar-refractivity contribution in [3.8, 4) is 5.69 Å². The molecule has 94 valence electrons. The van der Waals surface area contributed by atoms with Gasteiger partial charge in [0.2, 0.25) is 0 Å². The number of nitrogens with one attached hydrogen (secondary N) is 1. The Kier molecular flexibility index (Phi) is 2.99. The second-order valence-electron chi connectivity index (χ2n) is 3.86. The highest BCUT2D eigenvalue weighted by Gasteiger charge is 2.21. The molecule has 2 aromatic rings. The number of benzene rings is 1. The van der Waals surface area contributed by atoms with E-state index >= 15 is 0 Å². The normalized spacial score (nSPS) is 10.4. The van der Waals surface area contributed by atoms with E-state index in [1.54, 1.807) is 29.1 Å². The highest BCUT2D eigenvalue weighted by molar-refractivity contribution is 5.71. The molecule has 1 aromatic carbocycles. The Morgan fingerprint density at radius 1 is 1.44 bits per heavy atom. The third-order valence-corrected chi connectivity index (χ3v) is 2.86. The maximum Gasteiger partial charge on any atom is 0.317 e. The van der Waals surface area contributed by atoms with Crippen LogP contribution in [0.4, 0.5) is 11.4 Å². The van der Waals surface area contributed by atoms with E-state index in [0.717, 1.165) is 11.4 Å². The number of para-hydroxylation sites is 1. The van der Waals surface area contributed by atoms with Crippen LogP contribution in [-0.2, 0) is 0 Å². The first kappa shape index (κ1) is 12.1. The number of rotatable bonds is 3. The third kappa shape index (κ3) is 1.80. The summed E-state index contributed by atoms with van der Waals surface area (Å²) in [6.07, 6.45) is 1.56. The molecule has 0 unspecified atom stereocenters. The number of nitrogens with two attached hydrogens (primary N) is 1. The van der Waals surface area contributed by atoms with Gasteiger partial charge in [0, 0.05) is 5.69 Å². The number of hydrogen-bond donors (Lipinski definition) is 2. The van der Waals surface area contributed by atoms with Crippen molar-refractivity contribution in [2.45, 2.75) is 13.8 Å². The van der Waals surface area contributed by atoms with E-state index in [4.69, 9.17) is 5.84 Å². The molecule has 3 N–H and O–H groups in total. The monoisotopic (exact) mass is 247 g/mol. The standard InChI is InChI=1S/C11H13N5O2/c1-7-8(2)15(6-13-7)10-5-3-4-9(14-12)11(10)16(17)18/h3-6,14H,12H2,1-2H3. The van der Waals surface area contributed by atoms with Gasteiger partial charge in [-0.05, 0) is 26.0 Å². The summed E-state index contributed by atoms with van der Waals surface area (Å²) in [7, 11) is 0. The maximum absolute atomic E-state index is 11.2. The second kappa shape index (κ2) is 4.46. The highest BCUT2D eigenvalue weighted by Crippen LogP contribution is 2.31. The summed E-state index contributed by atoms with van der Waals surface area (Å²) in [5.74, 6) is 5.30. The van der Waals surface area contributed by atoms with Crippen LogP contribution in [0.15, 0.2) is 24.5 Å². The van der Waals surface area contributed by atoms with Crippen LogP contribution in [-0.4, -0.2) is 14.5 Å². The minimum atomic E-state index is -0.459. The summed E-state index contributed by atoms with van der Waals surface area (Å²) < 4.78 is 1.67. The molecule has 0 fully saturated rings. The van der Waals surface area contributed by atoms with Crippen LogP contribution in [0.3, 0.4) is 0 Å². The van der Waals surface area contributed by atoms with E-state index in [0.29, 0.717) is 5.69 Å². The number of aromatic nitrogens is 2. The van der Waals surface area contributed by atoms with E-state index in [1.165, 1.54) is 0 Å². The molecular weight excluding hydrogens is 234 g/mol. The van der Waals surface area contributed by atoms with Crippen LogP contribution < -0.4 is 11.3 Å². The van der Waals surface area contributed by atoms with Gasteiger partial charge in [-0.1, -0.05) is 6.07 Å². The van der Waals surface area contributed by atoms with Gasteiger partial charge in [0.25, 0.3) is 0 Å². The Hall–Kier alpha value is -2.41. The quantitative estimate of drug-likeness (QED) is 0.488. The van der Waals surface area contributed by atoms with Gasteiger partial charge >= 0.3 is 5.69 Å². The van der Waals surface area contributed by atoms with Gasteiger partial charge < -0.3 is 5.43 Å². The zero-order chi connectivity index (χ0) is 13.3. The molecular formula is C11H13N5O2. The molecule has 18 heavy (non-hydrogen) atoms. The lowest BCUT2D eigenvalue weighted by molar-refractivity contribution is -0.383. The molecule has 0 bridgehead atoms. The molecule has 0 saturated carbocycles. The van der Waals surface area contributed by atoms with Gasteiger partial charge in [0.05, 0.1) is 16.9 Å². The summed E-state index contributed by atoms with van der Waals surface area (Å²) in [5.41, 5.74) is 4.66. The predicted octanol–water partition coefficient (Wildman–Crippen LogP) is 1.68. The van der Waals surface area contributed by atoms with Crippen molar-refractivity contribution in [1.29, 1.82) is 0 Å². The lowest BCUT2D eigenvalue weighted by Crippen LogP contribution is -2.11. The average Bonchev–Trinajstić information content (AvgIpc) is 2.69. The minimum Gasteiger partial charge on any atom is -0.318 e. The fourth-order valence-corrected chi connectivity index (χ4v) is 1.78. The van der Waals surface area contributed by atoms with Crippen LogP contribution in [0.1, 0.15) is 11.4 Å². The maximum atomic E-state index is 11.2. The first-order valence-corrected chi connectivity index (χ1v) is 5.31. The fourth-order valence-electron chi connectivity index (χ4n) is 1.78. The van der Waals surface area contributed by atoms with Crippen LogP contribution in [0, 0.1) is 24.0 Å². The molecule has 1 aromatic heterocycles. The molecule has 0 radical (unpaired) electrons. The minimum absolute atomic E-state index is 0.0690. The molecule has 7 heteroatoms. The number of hydrogen-bond acceptors (Lipinski definition) is 5. The van der Waals surface area contributed by atoms with Crippen LogP contribution in [0.25, 0.3) is 5.69 Å². The van der Waals surface area contributed by atoms with Gasteiger partial charge in [-0.25, -0.2) is 4.98 Å². The largest absolute Gasteiger partial charge is 0.318 e. The summed E-state index contributed by atoms with van der Waals surface area (Å²) >= 11 is 0. The number of nitro groups is 1. The van der Waals surface area contributed by atoms with Crippen molar-refractivity contribution in [3.63, 3.8) is 0 Å². The number of imidazole rings is 1. The number of nitrogen functional groups attached to an aromatic ring is 1. The Bertz CT molecular complexity index is 605. The van der Waals surface area contributed by atoms with Crippen molar-refractivity contribution in [1.82, 2.24) is 9.55 Å². The second-order valence-corrected chi connectivity index (χ2v) is 3.86. The van der Waals surface area contributed by atoms with Crippen LogP contribution in [0.5, 0.6) is 0 Å². The van der Waals surface area contributed by atoms with E-state index in [9.17, 15) is 10.1 Å². The summed E-state index contributed by atoms with van der Waals surface area (Å²) in [5, 5.41) is 11.2. The van der Waals surface area contributed by atoms with Gasteiger partial charge in [-0.3, -0.25) is 20.5 Å². The Morgan fingerprint density at radius 3 is 2.67 bits per heavy atom. The number of anilines is 1. The van der Waals surface area contributed by atoms with E-state index in [-0.39, 0.29) is 11.4 Å². The average molecular weight is 247 g/mol. The molecule has 1 heterocycles. The Morgan fingerprint density at radius 2 is 2.17 bits per heavy atom. The Balaban J connectivity index is 2.71. The smallest absolute Gasteiger partial charge is 0.317 e. The molecule has 0 aliphatic heterocycles. The van der Waals surface area contributed by atoms with Crippen molar-refractivity contribution >= 4 is 11.4 Å². The first-order valence-electron chi connectivity index (χ1n) is 5.31. The van der Waals surface area contributed by atoms with Crippen molar-refractivity contribution in [2.24, 2.45) is 5.84 Å². The van der Waals surface area contributed by atoms with Gasteiger partial charge in [-0.2, -0.15) is 0 Å². The van der Waals surface area contributed by atoms with Crippen molar-refractivity contribution in [3.05, 3.63) is 46.0 Å². The zero-order valence-electron chi connectivity index (χ0n) is 10.0. The summed E-state index contributed by atoms with van der Waals surface area (Å²) in [6.45, 7) is 3.71. The molecule has 0 atom stereocenters. The molecule has 0 saturated heterocycles. The molecule has 0 aliphatic carbocycles. The lowest BCUT2D eigenvalue weighted by atomic mass is 10.2. The summed E-state index contributed by atoms with van der Waals surface area (Å²) in [6, 6.07) is 4.92. The van der Waals surface area contributed by atoms with Crippen LogP contribution >= 0.6 is 0 Å². The number of nitrogens with zero attached hydrogens (tertiary/aromatic N) is 3. The molecule has 0 amide bonds. The molecule has 0 spiro atoms. The van der Waals surface area contributed by atoms with Crippen LogP contribution in [0.2, 0.25) is 0 Å². The van der Waals surface area contributed by atoms with Gasteiger partial charge in [0.15, 0.2) is 0 Å². The molecule has 2 rings (SSSR count). The Labute approximate surface area is 103 Å². The third-order valence-electron chi connectivity index (χ3n) is 2.86. The molecule has 7 nitrogen and oxygen atoms in total. The topological polar surface area (TPSA) is 99.0 Å². The summed E-state index contributed by atoms with van der Waals surface area (Å²) in [4.78, 5) is 14.8. The number of nitro benzene ring substituents is 1. The number of hydrazine groups is 1. The van der Waals surface area contributed by atoms with Crippen molar-refractivity contribution in [2.75, 3.05) is 5.43 Å². The van der Waals surface area contributed by atoms with Crippen molar-refractivity contribution < 1.29 is 4.92 Å². The van der Waals surface area contributed by atoms with E-state index in [1.807, 2.05) is 13.8 Å². The predicted molar refractivity (Wildman–Crippen MR) is 67.5 cm³/mol. The lowest BCUT2D eigenvalue weighted by Gasteiger charge is -2.09. The number of aryl methyl sites for hydroxylation is 1. The molecule has 0 aliphatic rings. The van der Waals surface area contributed by atoms with Gasteiger partial charge in [0.1, 0.15) is 11.4 Å². The van der Waals surface area contributed by atoms with Gasteiger partial charge in [-0.15, -0.1) is 0 Å². The highest BCUT2D eigenvalue weighted by atomic mass is 16.6. The van der Waals surface area contributed by atoms with E-state index < -0.39 is 4.92 Å². The van der Waals surface area contributed by atoms with E-state index in [2.05, 4.69) is 10.4 Å². The SMILES string of the molecule is Cc1ncn(-c2cccc(NN)c2[N+](=O)[O-])c1C.